The van der Waals surface area contributed by atoms with Gasteiger partial charge < -0.3 is 5.32 Å². The second-order valence-corrected chi connectivity index (χ2v) is 5.11. The van der Waals surface area contributed by atoms with Crippen molar-refractivity contribution in [2.45, 2.75) is 33.6 Å². The van der Waals surface area contributed by atoms with Gasteiger partial charge in [-0.3, -0.25) is 0 Å². The van der Waals surface area contributed by atoms with Crippen LogP contribution in [0.25, 0.3) is 0 Å². The van der Waals surface area contributed by atoms with Crippen LogP contribution in [0.2, 0.25) is 0 Å². The smallest absolute Gasteiger partial charge is 0.149 e. The number of hydrogen-bond acceptors (Lipinski definition) is 2. The Hall–Kier alpha value is -1.56. The van der Waals surface area contributed by atoms with Crippen LogP contribution in [0.4, 0.5) is 10.1 Å². The van der Waals surface area contributed by atoms with Crippen LogP contribution in [-0.2, 0) is 0 Å². The van der Waals surface area contributed by atoms with Gasteiger partial charge in [-0.05, 0) is 30.4 Å². The molecular weight excluding hydrogens is 215 g/mol. The predicted molar refractivity (Wildman–Crippen MR) is 68.3 cm³/mol. The van der Waals surface area contributed by atoms with Gasteiger partial charge in [0.25, 0.3) is 0 Å². The van der Waals surface area contributed by atoms with Crippen LogP contribution < -0.4 is 5.32 Å². The first kappa shape index (κ1) is 13.5. The highest BCUT2D eigenvalue weighted by Gasteiger charge is 2.17. The molecule has 0 amide bonds. The fraction of sp³-hybridized carbons (Fsp3) is 0.500. The molecule has 0 bridgehead atoms. The van der Waals surface area contributed by atoms with Crippen LogP contribution >= 0.6 is 0 Å². The number of nitriles is 1. The molecule has 0 aliphatic rings. The fourth-order valence-corrected chi connectivity index (χ4v) is 1.60. The Labute approximate surface area is 102 Å². The Morgan fingerprint density at radius 1 is 1.41 bits per heavy atom. The molecule has 1 N–H and O–H groups in total. The quantitative estimate of drug-likeness (QED) is 0.839. The molecular formula is C14H19FN2. The molecule has 0 fully saturated rings. The summed E-state index contributed by atoms with van der Waals surface area (Å²) in [5, 5.41) is 11.7. The van der Waals surface area contributed by atoms with Crippen molar-refractivity contribution in [2.24, 2.45) is 5.41 Å². The zero-order valence-electron chi connectivity index (χ0n) is 10.7. The first-order chi connectivity index (χ1) is 7.96. The third-order valence-electron chi connectivity index (χ3n) is 2.86. The summed E-state index contributed by atoms with van der Waals surface area (Å²) in [7, 11) is 0. The molecule has 2 nitrogen and oxygen atoms in total. The largest absolute Gasteiger partial charge is 0.382 e. The average molecular weight is 234 g/mol. The standard InChI is InChI=1S/C14H19FN2/c1-11-6-4-7-12(13(11)15)17-10-14(2,3)8-5-9-16/h4,6-7,17H,5,8,10H2,1-3H3. The Bertz CT molecular complexity index is 419. The molecule has 1 aromatic carbocycles. The van der Waals surface area contributed by atoms with E-state index in [1.54, 1.807) is 19.1 Å². The van der Waals surface area contributed by atoms with Crippen molar-refractivity contribution in [3.05, 3.63) is 29.6 Å². The van der Waals surface area contributed by atoms with E-state index in [9.17, 15) is 4.39 Å². The summed E-state index contributed by atoms with van der Waals surface area (Å²) >= 11 is 0. The molecule has 17 heavy (non-hydrogen) atoms. The molecule has 0 aromatic heterocycles. The summed E-state index contributed by atoms with van der Waals surface area (Å²) in [4.78, 5) is 0. The Balaban J connectivity index is 2.61. The zero-order valence-corrected chi connectivity index (χ0v) is 10.7. The minimum atomic E-state index is -0.191. The van der Waals surface area contributed by atoms with Crippen molar-refractivity contribution in [1.82, 2.24) is 0 Å². The molecule has 0 saturated heterocycles. The maximum Gasteiger partial charge on any atom is 0.149 e. The number of halogens is 1. The predicted octanol–water partition coefficient (Wildman–Crippen LogP) is 3.88. The van der Waals surface area contributed by atoms with Gasteiger partial charge in [0, 0.05) is 13.0 Å². The van der Waals surface area contributed by atoms with Gasteiger partial charge in [0.05, 0.1) is 11.8 Å². The minimum absolute atomic E-state index is 0.00802. The van der Waals surface area contributed by atoms with Crippen LogP contribution in [0, 0.1) is 29.5 Å². The molecule has 1 aromatic rings. The van der Waals surface area contributed by atoms with Crippen molar-refractivity contribution in [3.8, 4) is 6.07 Å². The van der Waals surface area contributed by atoms with Crippen LogP contribution in [0.1, 0.15) is 32.3 Å². The van der Waals surface area contributed by atoms with E-state index in [-0.39, 0.29) is 11.2 Å². The molecule has 0 atom stereocenters. The Morgan fingerprint density at radius 2 is 2.12 bits per heavy atom. The number of nitrogens with one attached hydrogen (secondary N) is 1. The van der Waals surface area contributed by atoms with Gasteiger partial charge in [0.2, 0.25) is 0 Å². The average Bonchev–Trinajstić information content (AvgIpc) is 2.29. The van der Waals surface area contributed by atoms with Gasteiger partial charge in [0.1, 0.15) is 5.82 Å². The number of aryl methyl sites for hydroxylation is 1. The van der Waals surface area contributed by atoms with Gasteiger partial charge in [0.15, 0.2) is 0 Å². The number of nitrogens with zero attached hydrogens (tertiary/aromatic N) is 1. The van der Waals surface area contributed by atoms with E-state index in [2.05, 4.69) is 25.2 Å². The summed E-state index contributed by atoms with van der Waals surface area (Å²) in [5.41, 5.74) is 1.17. The van der Waals surface area contributed by atoms with E-state index in [0.717, 1.165) is 6.42 Å². The lowest BCUT2D eigenvalue weighted by Crippen LogP contribution is -2.23. The third-order valence-corrected chi connectivity index (χ3v) is 2.86. The molecule has 0 unspecified atom stereocenters. The third kappa shape index (κ3) is 4.07. The monoisotopic (exact) mass is 234 g/mol. The van der Waals surface area contributed by atoms with E-state index in [1.165, 1.54) is 0 Å². The Kier molecular flexibility index (Phi) is 4.51. The molecule has 3 heteroatoms. The highest BCUT2D eigenvalue weighted by atomic mass is 19.1. The topological polar surface area (TPSA) is 35.8 Å². The minimum Gasteiger partial charge on any atom is -0.382 e. The number of rotatable bonds is 5. The summed E-state index contributed by atoms with van der Waals surface area (Å²) in [6, 6.07) is 7.47. The van der Waals surface area contributed by atoms with Gasteiger partial charge >= 0.3 is 0 Å². The lowest BCUT2D eigenvalue weighted by molar-refractivity contribution is 0.363. The van der Waals surface area contributed by atoms with Crippen LogP contribution in [0.5, 0.6) is 0 Å². The highest BCUT2D eigenvalue weighted by molar-refractivity contribution is 5.47. The molecule has 0 saturated carbocycles. The van der Waals surface area contributed by atoms with Gasteiger partial charge in [-0.15, -0.1) is 0 Å². The first-order valence-electron chi connectivity index (χ1n) is 5.82. The van der Waals surface area contributed by atoms with Crippen LogP contribution in [0.3, 0.4) is 0 Å². The van der Waals surface area contributed by atoms with E-state index in [0.29, 0.717) is 24.2 Å². The molecule has 0 aliphatic carbocycles. The van der Waals surface area contributed by atoms with Crippen molar-refractivity contribution in [3.63, 3.8) is 0 Å². The zero-order chi connectivity index (χ0) is 12.9. The maximum absolute atomic E-state index is 13.7. The number of benzene rings is 1. The van der Waals surface area contributed by atoms with Crippen LogP contribution in [-0.4, -0.2) is 6.54 Å². The number of hydrogen-bond donors (Lipinski definition) is 1. The van der Waals surface area contributed by atoms with Gasteiger partial charge in [-0.1, -0.05) is 26.0 Å². The fourth-order valence-electron chi connectivity index (χ4n) is 1.60. The second-order valence-electron chi connectivity index (χ2n) is 5.11. The van der Waals surface area contributed by atoms with Crippen molar-refractivity contribution in [1.29, 1.82) is 5.26 Å². The normalized spacial score (nSPS) is 11.0. The van der Waals surface area contributed by atoms with E-state index in [1.807, 2.05) is 6.07 Å². The lowest BCUT2D eigenvalue weighted by atomic mass is 9.88. The van der Waals surface area contributed by atoms with E-state index in [4.69, 9.17) is 5.26 Å². The summed E-state index contributed by atoms with van der Waals surface area (Å²) < 4.78 is 13.7. The summed E-state index contributed by atoms with van der Waals surface area (Å²) in [6.45, 7) is 6.56. The number of anilines is 1. The lowest BCUT2D eigenvalue weighted by Gasteiger charge is -2.24. The van der Waals surface area contributed by atoms with Gasteiger partial charge in [-0.25, -0.2) is 4.39 Å². The van der Waals surface area contributed by atoms with Gasteiger partial charge in [-0.2, -0.15) is 5.26 Å². The molecule has 0 spiro atoms. The highest BCUT2D eigenvalue weighted by Crippen LogP contribution is 2.24. The maximum atomic E-state index is 13.7. The van der Waals surface area contributed by atoms with Crippen LogP contribution in [0.15, 0.2) is 18.2 Å². The van der Waals surface area contributed by atoms with Crippen molar-refractivity contribution >= 4 is 5.69 Å². The van der Waals surface area contributed by atoms with E-state index >= 15 is 0 Å². The molecule has 0 radical (unpaired) electrons. The molecule has 1 rings (SSSR count). The van der Waals surface area contributed by atoms with Crippen molar-refractivity contribution in [2.75, 3.05) is 11.9 Å². The molecule has 92 valence electrons. The molecule has 0 aliphatic heterocycles. The molecule has 0 heterocycles. The SMILES string of the molecule is Cc1cccc(NCC(C)(C)CCC#N)c1F. The first-order valence-corrected chi connectivity index (χ1v) is 5.82. The Morgan fingerprint density at radius 3 is 2.76 bits per heavy atom. The summed E-state index contributed by atoms with van der Waals surface area (Å²) in [5.74, 6) is -0.191. The second kappa shape index (κ2) is 5.67. The van der Waals surface area contributed by atoms with E-state index < -0.39 is 0 Å². The summed E-state index contributed by atoms with van der Waals surface area (Å²) in [6.07, 6.45) is 1.34. The van der Waals surface area contributed by atoms with Crippen molar-refractivity contribution < 1.29 is 4.39 Å².